The topological polar surface area (TPSA) is 59.1 Å². The Bertz CT molecular complexity index is 934. The van der Waals surface area contributed by atoms with Crippen molar-refractivity contribution >= 4 is 17.9 Å². The maximum absolute atomic E-state index is 12.9. The Morgan fingerprint density at radius 1 is 1.03 bits per heavy atom. The summed E-state index contributed by atoms with van der Waals surface area (Å²) >= 11 is 0. The molecule has 0 atom stereocenters. The van der Waals surface area contributed by atoms with Crippen LogP contribution in [0.25, 0.3) is 6.08 Å². The molecule has 0 aromatic heterocycles. The molecule has 6 nitrogen and oxygen atoms in total. The molecule has 32 heavy (non-hydrogen) atoms. The Hall–Kier alpha value is -3.28. The predicted molar refractivity (Wildman–Crippen MR) is 126 cm³/mol. The van der Waals surface area contributed by atoms with E-state index in [2.05, 4.69) is 0 Å². The first-order valence-corrected chi connectivity index (χ1v) is 11.0. The van der Waals surface area contributed by atoms with Gasteiger partial charge in [0.1, 0.15) is 0 Å². The predicted octanol–water partition coefficient (Wildman–Crippen LogP) is 3.66. The Morgan fingerprint density at radius 2 is 1.72 bits per heavy atom. The second-order valence-electron chi connectivity index (χ2n) is 8.04. The summed E-state index contributed by atoms with van der Waals surface area (Å²) in [5.74, 6) is 1.50. The molecule has 0 unspecified atom stereocenters. The van der Waals surface area contributed by atoms with Crippen LogP contribution < -0.4 is 9.47 Å². The van der Waals surface area contributed by atoms with E-state index in [4.69, 9.17) is 9.47 Å². The third kappa shape index (κ3) is 6.13. The second kappa shape index (κ2) is 11.4. The van der Waals surface area contributed by atoms with Gasteiger partial charge < -0.3 is 19.3 Å². The largest absolute Gasteiger partial charge is 0.493 e. The normalized spacial score (nSPS) is 14.4. The fourth-order valence-electron chi connectivity index (χ4n) is 3.94. The second-order valence-corrected chi connectivity index (χ2v) is 8.04. The van der Waals surface area contributed by atoms with E-state index in [0.717, 1.165) is 17.5 Å². The lowest BCUT2D eigenvalue weighted by Gasteiger charge is -2.32. The standard InChI is InChI=1S/C26H32N2O4/c1-27(16-13-21-9-11-23(31-2)24(19-21)32-3)26(30)22-14-17-28(18-15-22)25(29)12-10-20-7-5-4-6-8-20/h4-12,19,22H,13-18H2,1-3H3/b12-10+. The molecular weight excluding hydrogens is 404 g/mol. The number of likely N-dealkylation sites (tertiary alicyclic amines) is 1. The van der Waals surface area contributed by atoms with Crippen molar-refractivity contribution in [3.63, 3.8) is 0 Å². The van der Waals surface area contributed by atoms with Gasteiger partial charge in [-0.2, -0.15) is 0 Å². The van der Waals surface area contributed by atoms with E-state index in [1.54, 1.807) is 25.2 Å². The summed E-state index contributed by atoms with van der Waals surface area (Å²) in [6, 6.07) is 15.6. The lowest BCUT2D eigenvalue weighted by Crippen LogP contribution is -2.43. The van der Waals surface area contributed by atoms with Gasteiger partial charge in [-0.25, -0.2) is 0 Å². The smallest absolute Gasteiger partial charge is 0.246 e. The molecule has 0 saturated carbocycles. The van der Waals surface area contributed by atoms with E-state index >= 15 is 0 Å². The van der Waals surface area contributed by atoms with Gasteiger partial charge in [-0.15, -0.1) is 0 Å². The molecule has 6 heteroatoms. The van der Waals surface area contributed by atoms with E-state index in [9.17, 15) is 9.59 Å². The zero-order valence-corrected chi connectivity index (χ0v) is 19.1. The van der Waals surface area contributed by atoms with Crippen LogP contribution in [-0.2, 0) is 16.0 Å². The minimum absolute atomic E-state index is 0.00144. The Kier molecular flexibility index (Phi) is 8.31. The highest BCUT2D eigenvalue weighted by Crippen LogP contribution is 2.28. The molecule has 1 aliphatic heterocycles. The molecule has 2 aromatic rings. The van der Waals surface area contributed by atoms with Gasteiger partial charge in [0.05, 0.1) is 14.2 Å². The number of amides is 2. The summed E-state index contributed by atoms with van der Waals surface area (Å²) in [5.41, 5.74) is 2.09. The number of carbonyl (C=O) groups excluding carboxylic acids is 2. The highest BCUT2D eigenvalue weighted by molar-refractivity contribution is 5.92. The van der Waals surface area contributed by atoms with Crippen LogP contribution in [0, 0.1) is 5.92 Å². The maximum atomic E-state index is 12.9. The number of methoxy groups -OCH3 is 2. The fourth-order valence-corrected chi connectivity index (χ4v) is 3.94. The number of piperidine rings is 1. The average molecular weight is 437 g/mol. The van der Waals surface area contributed by atoms with Gasteiger partial charge in [0.15, 0.2) is 11.5 Å². The number of nitrogens with zero attached hydrogens (tertiary/aromatic N) is 2. The molecule has 0 N–H and O–H groups in total. The van der Waals surface area contributed by atoms with Crippen molar-refractivity contribution in [2.45, 2.75) is 19.3 Å². The molecular formula is C26H32N2O4. The number of hydrogen-bond acceptors (Lipinski definition) is 4. The van der Waals surface area contributed by atoms with Gasteiger partial charge in [0.25, 0.3) is 0 Å². The Balaban J connectivity index is 1.46. The van der Waals surface area contributed by atoms with E-state index in [0.29, 0.717) is 44.0 Å². The van der Waals surface area contributed by atoms with Gasteiger partial charge in [-0.3, -0.25) is 9.59 Å². The monoisotopic (exact) mass is 436 g/mol. The summed E-state index contributed by atoms with van der Waals surface area (Å²) in [6.45, 7) is 1.85. The van der Waals surface area contributed by atoms with Crippen LogP contribution in [0.3, 0.4) is 0 Å². The molecule has 1 aliphatic rings. The molecule has 0 bridgehead atoms. The van der Waals surface area contributed by atoms with Crippen molar-refractivity contribution in [3.05, 3.63) is 65.7 Å². The number of likely N-dealkylation sites (N-methyl/N-ethyl adjacent to an activating group) is 1. The van der Waals surface area contributed by atoms with Crippen LogP contribution in [0.15, 0.2) is 54.6 Å². The quantitative estimate of drug-likeness (QED) is 0.593. The lowest BCUT2D eigenvalue weighted by atomic mass is 9.95. The van der Waals surface area contributed by atoms with E-state index < -0.39 is 0 Å². The SMILES string of the molecule is COc1ccc(CCN(C)C(=O)C2CCN(C(=O)/C=C/c3ccccc3)CC2)cc1OC. The van der Waals surface area contributed by atoms with E-state index in [1.807, 2.05) is 66.6 Å². The zero-order chi connectivity index (χ0) is 22.9. The molecule has 1 saturated heterocycles. The molecule has 2 aromatic carbocycles. The van der Waals surface area contributed by atoms with Crippen molar-refractivity contribution in [1.82, 2.24) is 9.80 Å². The van der Waals surface area contributed by atoms with Gasteiger partial charge in [0.2, 0.25) is 11.8 Å². The highest BCUT2D eigenvalue weighted by Gasteiger charge is 2.28. The van der Waals surface area contributed by atoms with E-state index in [-0.39, 0.29) is 17.7 Å². The minimum atomic E-state index is -0.0347. The molecule has 1 heterocycles. The van der Waals surface area contributed by atoms with Crippen molar-refractivity contribution in [1.29, 1.82) is 0 Å². The van der Waals surface area contributed by atoms with Crippen LogP contribution in [0.2, 0.25) is 0 Å². The van der Waals surface area contributed by atoms with Gasteiger partial charge >= 0.3 is 0 Å². The fraction of sp³-hybridized carbons (Fsp3) is 0.385. The number of carbonyl (C=O) groups is 2. The maximum Gasteiger partial charge on any atom is 0.246 e. The number of ether oxygens (including phenoxy) is 2. The van der Waals surface area contributed by atoms with Crippen molar-refractivity contribution in [3.8, 4) is 11.5 Å². The van der Waals surface area contributed by atoms with Crippen molar-refractivity contribution in [2.24, 2.45) is 5.92 Å². The molecule has 0 radical (unpaired) electrons. The minimum Gasteiger partial charge on any atom is -0.493 e. The van der Waals surface area contributed by atoms with Crippen molar-refractivity contribution in [2.75, 3.05) is 40.9 Å². The first kappa shape index (κ1) is 23.4. The summed E-state index contributed by atoms with van der Waals surface area (Å²) in [5, 5.41) is 0. The van der Waals surface area contributed by atoms with Gasteiger partial charge in [-0.05, 0) is 48.6 Å². The highest BCUT2D eigenvalue weighted by atomic mass is 16.5. The summed E-state index contributed by atoms with van der Waals surface area (Å²) in [7, 11) is 5.08. The molecule has 3 rings (SSSR count). The van der Waals surface area contributed by atoms with Crippen LogP contribution in [0.1, 0.15) is 24.0 Å². The molecule has 2 amide bonds. The molecule has 0 aliphatic carbocycles. The Morgan fingerprint density at radius 3 is 2.38 bits per heavy atom. The number of rotatable bonds is 8. The number of benzene rings is 2. The third-order valence-electron chi connectivity index (χ3n) is 5.93. The molecule has 0 spiro atoms. The molecule has 170 valence electrons. The lowest BCUT2D eigenvalue weighted by molar-refractivity contribution is -0.138. The summed E-state index contributed by atoms with van der Waals surface area (Å²) in [4.78, 5) is 29.0. The summed E-state index contributed by atoms with van der Waals surface area (Å²) in [6.07, 6.45) is 5.59. The zero-order valence-electron chi connectivity index (χ0n) is 19.1. The van der Waals surface area contributed by atoms with Gasteiger partial charge in [0, 0.05) is 38.7 Å². The van der Waals surface area contributed by atoms with Crippen LogP contribution >= 0.6 is 0 Å². The Labute approximate surface area is 190 Å². The molecule has 1 fully saturated rings. The van der Waals surface area contributed by atoms with Crippen molar-refractivity contribution < 1.29 is 19.1 Å². The van der Waals surface area contributed by atoms with Crippen LogP contribution in [0.5, 0.6) is 11.5 Å². The first-order valence-electron chi connectivity index (χ1n) is 11.0. The third-order valence-corrected chi connectivity index (χ3v) is 5.93. The number of hydrogen-bond donors (Lipinski definition) is 0. The van der Waals surface area contributed by atoms with Crippen LogP contribution in [-0.4, -0.2) is 62.5 Å². The van der Waals surface area contributed by atoms with Crippen LogP contribution in [0.4, 0.5) is 0 Å². The van der Waals surface area contributed by atoms with Gasteiger partial charge in [-0.1, -0.05) is 36.4 Å². The van der Waals surface area contributed by atoms with E-state index in [1.165, 1.54) is 0 Å². The summed E-state index contributed by atoms with van der Waals surface area (Å²) < 4.78 is 10.6. The first-order chi connectivity index (χ1) is 15.5. The average Bonchev–Trinajstić information content (AvgIpc) is 2.85.